The Morgan fingerprint density at radius 2 is 1.89 bits per heavy atom. The zero-order chi connectivity index (χ0) is 19.4. The number of urea groups is 1. The fourth-order valence-corrected chi connectivity index (χ4v) is 2.67. The van der Waals surface area contributed by atoms with Gasteiger partial charge in [-0.2, -0.15) is 0 Å². The van der Waals surface area contributed by atoms with Crippen LogP contribution in [-0.2, 0) is 9.53 Å². The van der Waals surface area contributed by atoms with E-state index in [2.05, 4.69) is 10.6 Å². The SMILES string of the molecule is CNC(=O)NC(=O)C(OC(=O)c1cc(Cl)c2c(c1)OCO2)c1ccccc1. The van der Waals surface area contributed by atoms with Crippen molar-refractivity contribution >= 4 is 29.5 Å². The highest BCUT2D eigenvalue weighted by molar-refractivity contribution is 6.32. The van der Waals surface area contributed by atoms with Gasteiger partial charge in [0.2, 0.25) is 12.9 Å². The number of benzene rings is 2. The van der Waals surface area contributed by atoms with Crippen LogP contribution in [0.25, 0.3) is 0 Å². The van der Waals surface area contributed by atoms with Gasteiger partial charge in [0.15, 0.2) is 11.5 Å². The van der Waals surface area contributed by atoms with E-state index < -0.39 is 24.0 Å². The highest BCUT2D eigenvalue weighted by Gasteiger charge is 2.28. The van der Waals surface area contributed by atoms with E-state index in [0.29, 0.717) is 17.1 Å². The molecule has 140 valence electrons. The Hall–Kier alpha value is -3.26. The van der Waals surface area contributed by atoms with E-state index in [4.69, 9.17) is 25.8 Å². The zero-order valence-corrected chi connectivity index (χ0v) is 14.9. The van der Waals surface area contributed by atoms with Crippen LogP contribution in [0.1, 0.15) is 22.0 Å². The lowest BCUT2D eigenvalue weighted by atomic mass is 10.1. The van der Waals surface area contributed by atoms with Gasteiger partial charge in [0, 0.05) is 12.6 Å². The third-order valence-corrected chi connectivity index (χ3v) is 3.97. The molecule has 0 bridgehead atoms. The van der Waals surface area contributed by atoms with E-state index >= 15 is 0 Å². The van der Waals surface area contributed by atoms with Gasteiger partial charge in [-0.15, -0.1) is 0 Å². The van der Waals surface area contributed by atoms with Crippen LogP contribution in [-0.4, -0.2) is 31.7 Å². The van der Waals surface area contributed by atoms with Crippen molar-refractivity contribution in [3.8, 4) is 11.5 Å². The number of carbonyl (C=O) groups is 3. The molecule has 0 saturated heterocycles. The van der Waals surface area contributed by atoms with Crippen molar-refractivity contribution in [2.24, 2.45) is 0 Å². The molecule has 2 N–H and O–H groups in total. The fourth-order valence-electron chi connectivity index (χ4n) is 2.40. The number of halogens is 1. The predicted molar refractivity (Wildman–Crippen MR) is 94.8 cm³/mol. The number of hydrogen-bond acceptors (Lipinski definition) is 6. The summed E-state index contributed by atoms with van der Waals surface area (Å²) in [6, 6.07) is 10.4. The lowest BCUT2D eigenvalue weighted by molar-refractivity contribution is -0.129. The molecule has 3 rings (SSSR count). The second-order valence-electron chi connectivity index (χ2n) is 5.46. The summed E-state index contributed by atoms with van der Waals surface area (Å²) in [6.07, 6.45) is -1.33. The highest BCUT2D eigenvalue weighted by Crippen LogP contribution is 2.40. The number of hydrogen-bond donors (Lipinski definition) is 2. The number of fused-ring (bicyclic) bond motifs is 1. The standard InChI is InChI=1S/C18H15ClN2O6/c1-20-18(24)21-16(22)14(10-5-3-2-4-6-10)27-17(23)11-7-12(19)15-13(8-11)25-9-26-15/h2-8,14H,9H2,1H3,(H2,20,21,22,24). The maximum Gasteiger partial charge on any atom is 0.339 e. The first-order chi connectivity index (χ1) is 13.0. The summed E-state index contributed by atoms with van der Waals surface area (Å²) in [5.74, 6) is -0.956. The van der Waals surface area contributed by atoms with Crippen LogP contribution in [0, 0.1) is 0 Å². The third kappa shape index (κ3) is 4.12. The molecule has 9 heteroatoms. The molecule has 0 spiro atoms. The average Bonchev–Trinajstić information content (AvgIpc) is 3.15. The molecule has 27 heavy (non-hydrogen) atoms. The number of rotatable bonds is 4. The van der Waals surface area contributed by atoms with Gasteiger partial charge in [-0.1, -0.05) is 41.9 Å². The van der Waals surface area contributed by atoms with E-state index in [1.807, 2.05) is 0 Å². The van der Waals surface area contributed by atoms with Crippen molar-refractivity contribution in [1.29, 1.82) is 0 Å². The Labute approximate surface area is 159 Å². The monoisotopic (exact) mass is 390 g/mol. The second kappa shape index (κ2) is 7.96. The van der Waals surface area contributed by atoms with Gasteiger partial charge in [0.25, 0.3) is 5.91 Å². The second-order valence-corrected chi connectivity index (χ2v) is 5.86. The first kappa shape index (κ1) is 18.5. The largest absolute Gasteiger partial charge is 0.454 e. The molecule has 1 aliphatic rings. The fraction of sp³-hybridized carbons (Fsp3) is 0.167. The summed E-state index contributed by atoms with van der Waals surface area (Å²) in [5, 5.41) is 4.55. The topological polar surface area (TPSA) is 103 Å². The molecule has 2 aromatic carbocycles. The summed E-state index contributed by atoms with van der Waals surface area (Å²) >= 11 is 6.08. The third-order valence-electron chi connectivity index (χ3n) is 3.69. The molecule has 0 saturated carbocycles. The molecule has 0 radical (unpaired) electrons. The van der Waals surface area contributed by atoms with Gasteiger partial charge in [0.1, 0.15) is 0 Å². The first-order valence-electron chi connectivity index (χ1n) is 7.87. The molecular weight excluding hydrogens is 376 g/mol. The summed E-state index contributed by atoms with van der Waals surface area (Å²) in [6.45, 7) is -0.00523. The molecule has 1 heterocycles. The first-order valence-corrected chi connectivity index (χ1v) is 8.25. The lowest BCUT2D eigenvalue weighted by Gasteiger charge is -2.17. The Bertz CT molecular complexity index is 887. The van der Waals surface area contributed by atoms with Gasteiger partial charge in [0.05, 0.1) is 10.6 Å². The van der Waals surface area contributed by atoms with Gasteiger partial charge in [-0.25, -0.2) is 9.59 Å². The Morgan fingerprint density at radius 3 is 2.59 bits per heavy atom. The molecule has 1 aliphatic heterocycles. The highest BCUT2D eigenvalue weighted by atomic mass is 35.5. The van der Waals surface area contributed by atoms with Crippen molar-refractivity contribution in [3.63, 3.8) is 0 Å². The smallest absolute Gasteiger partial charge is 0.339 e. The van der Waals surface area contributed by atoms with Crippen LogP contribution >= 0.6 is 11.6 Å². The maximum absolute atomic E-state index is 12.6. The van der Waals surface area contributed by atoms with Crippen molar-refractivity contribution < 1.29 is 28.6 Å². The molecule has 8 nitrogen and oxygen atoms in total. The van der Waals surface area contributed by atoms with Crippen LogP contribution in [0.15, 0.2) is 42.5 Å². The number of carbonyl (C=O) groups excluding carboxylic acids is 3. The van der Waals surface area contributed by atoms with Crippen molar-refractivity contribution in [3.05, 3.63) is 58.6 Å². The molecule has 0 aliphatic carbocycles. The maximum atomic E-state index is 12.6. The summed E-state index contributed by atoms with van der Waals surface area (Å²) < 4.78 is 15.8. The minimum Gasteiger partial charge on any atom is -0.454 e. The van der Waals surface area contributed by atoms with Crippen LogP contribution < -0.4 is 20.1 Å². The van der Waals surface area contributed by atoms with Crippen molar-refractivity contribution in [2.75, 3.05) is 13.8 Å². The molecular formula is C18H15ClN2O6. The number of esters is 1. The van der Waals surface area contributed by atoms with Crippen molar-refractivity contribution in [1.82, 2.24) is 10.6 Å². The average molecular weight is 391 g/mol. The molecule has 0 fully saturated rings. The zero-order valence-electron chi connectivity index (χ0n) is 14.2. The number of ether oxygens (including phenoxy) is 3. The van der Waals surface area contributed by atoms with Crippen LogP contribution in [0.4, 0.5) is 4.79 Å². The quantitative estimate of drug-likeness (QED) is 0.777. The summed E-state index contributed by atoms with van der Waals surface area (Å²) in [7, 11) is 1.36. The van der Waals surface area contributed by atoms with E-state index in [0.717, 1.165) is 0 Å². The van der Waals surface area contributed by atoms with Crippen LogP contribution in [0.2, 0.25) is 5.02 Å². The van der Waals surface area contributed by atoms with E-state index in [-0.39, 0.29) is 17.4 Å². The summed E-state index contributed by atoms with van der Waals surface area (Å²) in [5.41, 5.74) is 0.483. The van der Waals surface area contributed by atoms with E-state index in [1.54, 1.807) is 30.3 Å². The van der Waals surface area contributed by atoms with E-state index in [9.17, 15) is 14.4 Å². The van der Waals surface area contributed by atoms with Crippen molar-refractivity contribution in [2.45, 2.75) is 6.10 Å². The van der Waals surface area contributed by atoms with Gasteiger partial charge >= 0.3 is 12.0 Å². The lowest BCUT2D eigenvalue weighted by Crippen LogP contribution is -2.41. The number of amides is 3. The number of nitrogens with one attached hydrogen (secondary N) is 2. The Balaban J connectivity index is 1.85. The minimum absolute atomic E-state index is 0.00523. The van der Waals surface area contributed by atoms with Crippen LogP contribution in [0.5, 0.6) is 11.5 Å². The number of imide groups is 1. The molecule has 1 unspecified atom stereocenters. The molecule has 2 aromatic rings. The van der Waals surface area contributed by atoms with Gasteiger partial charge in [-0.3, -0.25) is 10.1 Å². The molecule has 0 aromatic heterocycles. The predicted octanol–water partition coefficient (Wildman–Crippen LogP) is 2.42. The van der Waals surface area contributed by atoms with E-state index in [1.165, 1.54) is 19.2 Å². The van der Waals surface area contributed by atoms with Gasteiger partial charge in [-0.05, 0) is 12.1 Å². The van der Waals surface area contributed by atoms with Gasteiger partial charge < -0.3 is 19.5 Å². The molecule has 1 atom stereocenters. The molecule has 3 amide bonds. The normalized spacial score (nSPS) is 12.8. The minimum atomic E-state index is -1.33. The Morgan fingerprint density at radius 1 is 1.15 bits per heavy atom. The Kier molecular flexibility index (Phi) is 5.46. The summed E-state index contributed by atoms with van der Waals surface area (Å²) in [4.78, 5) is 36.5. The van der Waals surface area contributed by atoms with Crippen LogP contribution in [0.3, 0.4) is 0 Å².